The van der Waals surface area contributed by atoms with Gasteiger partial charge in [-0.2, -0.15) is 5.10 Å². The van der Waals surface area contributed by atoms with Gasteiger partial charge in [0.25, 0.3) is 5.91 Å². The molecule has 4 amide bonds. The monoisotopic (exact) mass is 526 g/mol. The van der Waals surface area contributed by atoms with Crippen LogP contribution in [0.4, 0.5) is 11.4 Å². The number of nitrogens with zero attached hydrogens (tertiary/aromatic N) is 3. The fourth-order valence-corrected chi connectivity index (χ4v) is 4.18. The SMILES string of the molecule is CC(=O)N1CC=CC1.CC(=O)N1CC=C[C@H]1C(=O)Nc1ccc(-c2cc(-c3ccc(NC=O)cc3)n[nH]2)cc1. The molecule has 1 aromatic heterocycles. The Morgan fingerprint density at radius 2 is 1.51 bits per heavy atom. The zero-order valence-corrected chi connectivity index (χ0v) is 21.8. The molecule has 0 unspecified atom stereocenters. The summed E-state index contributed by atoms with van der Waals surface area (Å²) < 4.78 is 0. The molecule has 3 N–H and O–H groups in total. The van der Waals surface area contributed by atoms with Gasteiger partial charge in [-0.05, 0) is 35.9 Å². The van der Waals surface area contributed by atoms with Crippen molar-refractivity contribution >= 4 is 35.5 Å². The zero-order valence-electron chi connectivity index (χ0n) is 21.8. The highest BCUT2D eigenvalue weighted by Crippen LogP contribution is 2.26. The number of hydrogen-bond acceptors (Lipinski definition) is 5. The normalized spacial score (nSPS) is 15.5. The quantitative estimate of drug-likeness (QED) is 0.335. The molecule has 0 saturated carbocycles. The molecule has 3 aromatic rings. The van der Waals surface area contributed by atoms with E-state index in [0.29, 0.717) is 24.3 Å². The van der Waals surface area contributed by atoms with E-state index in [4.69, 9.17) is 0 Å². The molecule has 3 heterocycles. The van der Waals surface area contributed by atoms with Gasteiger partial charge in [0, 0.05) is 50.4 Å². The summed E-state index contributed by atoms with van der Waals surface area (Å²) >= 11 is 0. The summed E-state index contributed by atoms with van der Waals surface area (Å²) in [6.07, 6.45) is 8.19. The number of aromatic amines is 1. The average Bonchev–Trinajstić information content (AvgIpc) is 3.72. The zero-order chi connectivity index (χ0) is 27.8. The van der Waals surface area contributed by atoms with Gasteiger partial charge in [0.05, 0.1) is 11.4 Å². The highest BCUT2D eigenvalue weighted by atomic mass is 16.2. The topological polar surface area (TPSA) is 128 Å². The van der Waals surface area contributed by atoms with E-state index in [1.807, 2.05) is 72.8 Å². The van der Waals surface area contributed by atoms with Crippen LogP contribution in [0.25, 0.3) is 22.5 Å². The van der Waals surface area contributed by atoms with Crippen molar-refractivity contribution in [2.45, 2.75) is 19.9 Å². The van der Waals surface area contributed by atoms with Crippen LogP contribution in [0.1, 0.15) is 13.8 Å². The first-order valence-electron chi connectivity index (χ1n) is 12.5. The van der Waals surface area contributed by atoms with Crippen molar-refractivity contribution in [3.63, 3.8) is 0 Å². The second kappa shape index (κ2) is 12.5. The lowest BCUT2D eigenvalue weighted by Crippen LogP contribution is -2.42. The van der Waals surface area contributed by atoms with E-state index in [2.05, 4.69) is 20.8 Å². The van der Waals surface area contributed by atoms with E-state index in [1.165, 1.54) is 11.8 Å². The van der Waals surface area contributed by atoms with Crippen LogP contribution in [0.3, 0.4) is 0 Å². The molecule has 200 valence electrons. The van der Waals surface area contributed by atoms with Gasteiger partial charge in [-0.3, -0.25) is 24.3 Å². The van der Waals surface area contributed by atoms with Crippen LogP contribution in [-0.4, -0.2) is 69.8 Å². The molecular formula is C29H30N6O4. The molecule has 10 nitrogen and oxygen atoms in total. The van der Waals surface area contributed by atoms with Crippen LogP contribution in [-0.2, 0) is 19.2 Å². The Kier molecular flexibility index (Phi) is 8.67. The van der Waals surface area contributed by atoms with E-state index in [9.17, 15) is 19.2 Å². The second-order valence-electron chi connectivity index (χ2n) is 9.01. The molecule has 2 aliphatic heterocycles. The number of H-pyrrole nitrogens is 1. The molecular weight excluding hydrogens is 496 g/mol. The minimum absolute atomic E-state index is 0.134. The van der Waals surface area contributed by atoms with Gasteiger partial charge in [0.2, 0.25) is 18.2 Å². The standard InChI is InChI=1S/C23H21N5O3.C6H9NO/c1-15(30)28-12-2-3-22(28)23(31)25-19-10-6-17(7-11-19)21-13-20(26-27-21)16-4-8-18(9-5-16)24-14-29;1-6(8)7-4-2-3-5-7/h2-11,13-14,22H,12H2,1H3,(H,24,29)(H,25,31)(H,26,27);2-3H,4-5H2,1H3/t22-;/m0./s1. The first kappa shape index (κ1) is 27.1. The highest BCUT2D eigenvalue weighted by molar-refractivity contribution is 5.99. The van der Waals surface area contributed by atoms with Gasteiger partial charge < -0.3 is 20.4 Å². The van der Waals surface area contributed by atoms with Crippen LogP contribution in [0.2, 0.25) is 0 Å². The lowest BCUT2D eigenvalue weighted by molar-refractivity contribution is -0.134. The first-order chi connectivity index (χ1) is 18.9. The maximum atomic E-state index is 12.5. The third-order valence-corrected chi connectivity index (χ3v) is 6.34. The number of nitrogens with one attached hydrogen (secondary N) is 3. The molecule has 1 atom stereocenters. The van der Waals surface area contributed by atoms with Crippen LogP contribution in [0, 0.1) is 0 Å². The van der Waals surface area contributed by atoms with E-state index >= 15 is 0 Å². The molecule has 0 fully saturated rings. The number of amides is 4. The third kappa shape index (κ3) is 6.86. The van der Waals surface area contributed by atoms with E-state index in [0.717, 1.165) is 35.6 Å². The van der Waals surface area contributed by atoms with E-state index in [1.54, 1.807) is 17.9 Å². The number of anilines is 2. The van der Waals surface area contributed by atoms with E-state index < -0.39 is 6.04 Å². The molecule has 39 heavy (non-hydrogen) atoms. The number of benzene rings is 2. The predicted molar refractivity (Wildman–Crippen MR) is 149 cm³/mol. The third-order valence-electron chi connectivity index (χ3n) is 6.34. The number of hydrogen-bond donors (Lipinski definition) is 3. The highest BCUT2D eigenvalue weighted by Gasteiger charge is 2.28. The van der Waals surface area contributed by atoms with Gasteiger partial charge in [0.15, 0.2) is 0 Å². The van der Waals surface area contributed by atoms with Crippen molar-refractivity contribution in [2.24, 2.45) is 0 Å². The largest absolute Gasteiger partial charge is 0.335 e. The smallest absolute Gasteiger partial charge is 0.251 e. The summed E-state index contributed by atoms with van der Waals surface area (Å²) in [5.74, 6) is -0.215. The summed E-state index contributed by atoms with van der Waals surface area (Å²) in [7, 11) is 0. The van der Waals surface area contributed by atoms with Crippen LogP contribution >= 0.6 is 0 Å². The summed E-state index contributed by atoms with van der Waals surface area (Å²) in [5, 5.41) is 12.8. The molecule has 0 saturated heterocycles. The Balaban J connectivity index is 0.000000379. The lowest BCUT2D eigenvalue weighted by Gasteiger charge is -2.22. The fraction of sp³-hybridized carbons (Fsp3) is 0.207. The summed E-state index contributed by atoms with van der Waals surface area (Å²) in [4.78, 5) is 48.5. The van der Waals surface area contributed by atoms with Crippen LogP contribution in [0.15, 0.2) is 78.9 Å². The summed E-state index contributed by atoms with van der Waals surface area (Å²) in [5.41, 5.74) is 4.82. The summed E-state index contributed by atoms with van der Waals surface area (Å²) in [6.45, 7) is 5.10. The van der Waals surface area contributed by atoms with Gasteiger partial charge in [-0.25, -0.2) is 0 Å². The minimum atomic E-state index is -0.583. The van der Waals surface area contributed by atoms with Crippen molar-refractivity contribution in [1.82, 2.24) is 20.0 Å². The Morgan fingerprint density at radius 1 is 0.872 bits per heavy atom. The lowest BCUT2D eigenvalue weighted by atomic mass is 10.1. The molecule has 0 spiro atoms. The van der Waals surface area contributed by atoms with E-state index in [-0.39, 0.29) is 17.7 Å². The van der Waals surface area contributed by atoms with Crippen molar-refractivity contribution < 1.29 is 19.2 Å². The number of aromatic nitrogens is 2. The predicted octanol–water partition coefficient (Wildman–Crippen LogP) is 3.44. The van der Waals surface area contributed by atoms with Crippen LogP contribution < -0.4 is 10.6 Å². The van der Waals surface area contributed by atoms with Crippen LogP contribution in [0.5, 0.6) is 0 Å². The van der Waals surface area contributed by atoms with Gasteiger partial charge in [-0.1, -0.05) is 48.6 Å². The summed E-state index contributed by atoms with van der Waals surface area (Å²) in [6, 6.07) is 16.1. The second-order valence-corrected chi connectivity index (χ2v) is 9.01. The van der Waals surface area contributed by atoms with Crippen molar-refractivity contribution in [2.75, 3.05) is 30.3 Å². The molecule has 2 aromatic carbocycles. The molecule has 2 aliphatic rings. The number of rotatable bonds is 6. The molecule has 0 radical (unpaired) electrons. The maximum absolute atomic E-state index is 12.5. The fourth-order valence-electron chi connectivity index (χ4n) is 4.18. The Labute approximate surface area is 226 Å². The molecule has 10 heteroatoms. The Hall–Kier alpha value is -4.99. The van der Waals surface area contributed by atoms with Gasteiger partial charge in [-0.15, -0.1) is 0 Å². The number of carbonyl (C=O) groups is 4. The van der Waals surface area contributed by atoms with Crippen molar-refractivity contribution in [3.8, 4) is 22.5 Å². The molecule has 0 aliphatic carbocycles. The minimum Gasteiger partial charge on any atom is -0.335 e. The van der Waals surface area contributed by atoms with Crippen molar-refractivity contribution in [1.29, 1.82) is 0 Å². The molecule has 0 bridgehead atoms. The maximum Gasteiger partial charge on any atom is 0.251 e. The van der Waals surface area contributed by atoms with Crippen molar-refractivity contribution in [3.05, 3.63) is 78.9 Å². The Morgan fingerprint density at radius 3 is 2.10 bits per heavy atom. The number of carbonyl (C=O) groups excluding carboxylic acids is 4. The Bertz CT molecular complexity index is 1380. The van der Waals surface area contributed by atoms with Gasteiger partial charge >= 0.3 is 0 Å². The molecule has 5 rings (SSSR count). The first-order valence-corrected chi connectivity index (χ1v) is 12.5. The van der Waals surface area contributed by atoms with Gasteiger partial charge in [0.1, 0.15) is 6.04 Å². The average molecular weight is 527 g/mol.